The van der Waals surface area contributed by atoms with Crippen LogP contribution in [0.3, 0.4) is 0 Å². The van der Waals surface area contributed by atoms with Crippen LogP contribution in [0.5, 0.6) is 0 Å². The summed E-state index contributed by atoms with van der Waals surface area (Å²) in [6.07, 6.45) is 5.62. The molecule has 0 aliphatic heterocycles. The van der Waals surface area contributed by atoms with Gasteiger partial charge in [-0.2, -0.15) is 0 Å². The lowest BCUT2D eigenvalue weighted by Crippen LogP contribution is -2.28. The Morgan fingerprint density at radius 1 is 1.19 bits per heavy atom. The molecule has 2 aliphatic carbocycles. The van der Waals surface area contributed by atoms with Crippen LogP contribution in [0, 0.1) is 5.92 Å². The SMILES string of the molecule is [B][C@H]1C=CC2c3ccccc3C(C)(C)C2C1. The first-order chi connectivity index (χ1) is 7.60. The molecule has 1 heteroatoms. The van der Waals surface area contributed by atoms with Gasteiger partial charge >= 0.3 is 0 Å². The highest BCUT2D eigenvalue weighted by Gasteiger charge is 2.45. The molecule has 3 rings (SSSR count). The molecule has 80 valence electrons. The minimum atomic E-state index is 0.245. The second-order valence-corrected chi connectivity index (χ2v) is 5.73. The average Bonchev–Trinajstić information content (AvgIpc) is 2.49. The number of fused-ring (bicyclic) bond motifs is 3. The van der Waals surface area contributed by atoms with E-state index < -0.39 is 0 Å². The predicted molar refractivity (Wildman–Crippen MR) is 69.0 cm³/mol. The molecule has 0 N–H and O–H groups in total. The van der Waals surface area contributed by atoms with E-state index in [0.29, 0.717) is 11.8 Å². The lowest BCUT2D eigenvalue weighted by Gasteiger charge is -2.35. The maximum absolute atomic E-state index is 6.06. The fourth-order valence-electron chi connectivity index (χ4n) is 3.55. The summed E-state index contributed by atoms with van der Waals surface area (Å²) in [5.41, 5.74) is 3.30. The average molecular weight is 208 g/mol. The van der Waals surface area contributed by atoms with Crippen molar-refractivity contribution in [2.45, 2.75) is 37.4 Å². The van der Waals surface area contributed by atoms with Crippen molar-refractivity contribution in [2.24, 2.45) is 5.92 Å². The monoisotopic (exact) mass is 208 g/mol. The Labute approximate surface area is 99.2 Å². The van der Waals surface area contributed by atoms with E-state index in [0.717, 1.165) is 6.42 Å². The van der Waals surface area contributed by atoms with Gasteiger partial charge in [0, 0.05) is 5.92 Å². The van der Waals surface area contributed by atoms with Gasteiger partial charge in [0.1, 0.15) is 0 Å². The summed E-state index contributed by atoms with van der Waals surface area (Å²) in [5, 5.41) is 0. The fraction of sp³-hybridized carbons (Fsp3) is 0.467. The first-order valence-corrected chi connectivity index (χ1v) is 6.14. The second kappa shape index (κ2) is 3.26. The third-order valence-electron chi connectivity index (χ3n) is 4.47. The molecule has 2 unspecified atom stereocenters. The van der Waals surface area contributed by atoms with Gasteiger partial charge < -0.3 is 0 Å². The molecule has 0 nitrogen and oxygen atoms in total. The van der Waals surface area contributed by atoms with Crippen LogP contribution >= 0.6 is 0 Å². The van der Waals surface area contributed by atoms with E-state index in [1.165, 1.54) is 11.1 Å². The zero-order valence-corrected chi connectivity index (χ0v) is 9.98. The third kappa shape index (κ3) is 1.24. The van der Waals surface area contributed by atoms with E-state index >= 15 is 0 Å². The van der Waals surface area contributed by atoms with Gasteiger partial charge in [0.05, 0.1) is 7.85 Å². The number of benzene rings is 1. The lowest BCUT2D eigenvalue weighted by atomic mass is 9.65. The molecule has 1 aromatic carbocycles. The summed E-state index contributed by atoms with van der Waals surface area (Å²) >= 11 is 0. The molecule has 0 aromatic heterocycles. The van der Waals surface area contributed by atoms with E-state index in [-0.39, 0.29) is 11.2 Å². The molecule has 2 radical (unpaired) electrons. The maximum atomic E-state index is 6.06. The number of hydrogen-bond donors (Lipinski definition) is 0. The summed E-state index contributed by atoms with van der Waals surface area (Å²) in [6.45, 7) is 4.73. The summed E-state index contributed by atoms with van der Waals surface area (Å²) in [7, 11) is 6.06. The molecule has 16 heavy (non-hydrogen) atoms. The van der Waals surface area contributed by atoms with Crippen molar-refractivity contribution in [3.63, 3.8) is 0 Å². The van der Waals surface area contributed by atoms with Crippen molar-refractivity contribution in [2.75, 3.05) is 0 Å². The van der Waals surface area contributed by atoms with Crippen molar-refractivity contribution in [1.29, 1.82) is 0 Å². The van der Waals surface area contributed by atoms with Crippen LogP contribution in [0.25, 0.3) is 0 Å². The highest BCUT2D eigenvalue weighted by molar-refractivity contribution is 6.13. The molecule has 0 saturated carbocycles. The van der Waals surface area contributed by atoms with Gasteiger partial charge in [0.25, 0.3) is 0 Å². The van der Waals surface area contributed by atoms with Gasteiger partial charge in [-0.3, -0.25) is 0 Å². The Kier molecular flexibility index (Phi) is 2.08. The molecule has 0 saturated heterocycles. The first kappa shape index (κ1) is 10.2. The van der Waals surface area contributed by atoms with Crippen LogP contribution in [0.2, 0.25) is 5.82 Å². The van der Waals surface area contributed by atoms with Crippen LogP contribution in [0.1, 0.15) is 37.3 Å². The summed E-state index contributed by atoms with van der Waals surface area (Å²) in [5.74, 6) is 1.51. The molecule has 0 heterocycles. The van der Waals surface area contributed by atoms with Crippen molar-refractivity contribution < 1.29 is 0 Å². The summed E-state index contributed by atoms with van der Waals surface area (Å²) in [4.78, 5) is 0. The second-order valence-electron chi connectivity index (χ2n) is 5.73. The van der Waals surface area contributed by atoms with Gasteiger partial charge in [-0.05, 0) is 22.5 Å². The van der Waals surface area contributed by atoms with Gasteiger partial charge in [-0.15, -0.1) is 0 Å². The third-order valence-corrected chi connectivity index (χ3v) is 4.47. The van der Waals surface area contributed by atoms with Crippen molar-refractivity contribution in [3.05, 3.63) is 47.5 Å². The lowest BCUT2D eigenvalue weighted by molar-refractivity contribution is 0.301. The number of rotatable bonds is 0. The Bertz CT molecular complexity index is 445. The molecule has 2 aliphatic rings. The molecule has 0 fully saturated rings. The fourth-order valence-corrected chi connectivity index (χ4v) is 3.55. The normalized spacial score (nSPS) is 34.5. The zero-order valence-electron chi connectivity index (χ0n) is 9.98. The topological polar surface area (TPSA) is 0 Å². The van der Waals surface area contributed by atoms with Crippen LogP contribution < -0.4 is 0 Å². The largest absolute Gasteiger partial charge is 0.0935 e. The smallest absolute Gasteiger partial charge is 0.0755 e. The van der Waals surface area contributed by atoms with Gasteiger partial charge in [-0.25, -0.2) is 0 Å². The van der Waals surface area contributed by atoms with E-state index in [4.69, 9.17) is 7.85 Å². The Balaban J connectivity index is 2.15. The predicted octanol–water partition coefficient (Wildman–Crippen LogP) is 3.59. The Morgan fingerprint density at radius 3 is 2.75 bits per heavy atom. The van der Waals surface area contributed by atoms with Gasteiger partial charge in [-0.1, -0.05) is 62.5 Å². The highest BCUT2D eigenvalue weighted by atomic mass is 14.5. The number of allylic oxidation sites excluding steroid dienone is 2. The van der Waals surface area contributed by atoms with E-state index in [9.17, 15) is 0 Å². The van der Waals surface area contributed by atoms with Crippen LogP contribution in [-0.4, -0.2) is 7.85 Å². The van der Waals surface area contributed by atoms with E-state index in [1.807, 2.05) is 0 Å². The van der Waals surface area contributed by atoms with Gasteiger partial charge in [0.2, 0.25) is 0 Å². The van der Waals surface area contributed by atoms with Crippen molar-refractivity contribution in [1.82, 2.24) is 0 Å². The first-order valence-electron chi connectivity index (χ1n) is 6.14. The highest BCUT2D eigenvalue weighted by Crippen LogP contribution is 2.55. The Morgan fingerprint density at radius 2 is 1.94 bits per heavy atom. The molecular formula is C15H17B. The molecular weight excluding hydrogens is 191 g/mol. The minimum absolute atomic E-state index is 0.245. The number of hydrogen-bond acceptors (Lipinski definition) is 0. The van der Waals surface area contributed by atoms with E-state index in [1.54, 1.807) is 0 Å². The standard InChI is InChI=1S/C15H17B/c1-15(2)13-6-4-3-5-11(13)12-8-7-10(16)9-14(12)15/h3-8,10,12,14H,9H2,1-2H3/t10-,12?,14?/m0/s1. The van der Waals surface area contributed by atoms with Crippen LogP contribution in [0.15, 0.2) is 36.4 Å². The van der Waals surface area contributed by atoms with Crippen LogP contribution in [-0.2, 0) is 5.41 Å². The summed E-state index contributed by atoms with van der Waals surface area (Å²) < 4.78 is 0. The van der Waals surface area contributed by atoms with Gasteiger partial charge in [0.15, 0.2) is 0 Å². The molecule has 0 amide bonds. The maximum Gasteiger partial charge on any atom is 0.0755 e. The molecule has 0 spiro atoms. The van der Waals surface area contributed by atoms with Crippen molar-refractivity contribution in [3.8, 4) is 0 Å². The Hall–Kier alpha value is -0.975. The minimum Gasteiger partial charge on any atom is -0.0935 e. The molecule has 1 aromatic rings. The molecule has 0 bridgehead atoms. The van der Waals surface area contributed by atoms with E-state index in [2.05, 4.69) is 50.3 Å². The van der Waals surface area contributed by atoms with Crippen molar-refractivity contribution >= 4 is 7.85 Å². The quantitative estimate of drug-likeness (QED) is 0.451. The zero-order chi connectivity index (χ0) is 11.3. The summed E-state index contributed by atoms with van der Waals surface area (Å²) in [6, 6.07) is 8.87. The molecule has 3 atom stereocenters. The van der Waals surface area contributed by atoms with Crippen LogP contribution in [0.4, 0.5) is 0 Å².